The summed E-state index contributed by atoms with van der Waals surface area (Å²) in [7, 11) is 0. The van der Waals surface area contributed by atoms with Gasteiger partial charge >= 0.3 is 6.18 Å². The molecular formula is C23H24F3N5. The van der Waals surface area contributed by atoms with E-state index in [0.29, 0.717) is 24.5 Å². The van der Waals surface area contributed by atoms with E-state index in [1.165, 1.54) is 5.57 Å². The molecule has 0 spiro atoms. The number of allylic oxidation sites excluding steroid dienone is 1. The molecule has 5 nitrogen and oxygen atoms in total. The third kappa shape index (κ3) is 4.47. The number of nitrogens with one attached hydrogen (secondary N) is 1. The van der Waals surface area contributed by atoms with Crippen molar-refractivity contribution in [2.45, 2.75) is 39.3 Å². The molecule has 3 aromatic rings. The van der Waals surface area contributed by atoms with Gasteiger partial charge in [0.1, 0.15) is 11.4 Å². The number of nitrogens with zero attached hydrogens (tertiary/aromatic N) is 4. The normalized spacial score (nSPS) is 16.6. The van der Waals surface area contributed by atoms with Crippen LogP contribution in [0.15, 0.2) is 42.4 Å². The Labute approximate surface area is 179 Å². The predicted molar refractivity (Wildman–Crippen MR) is 115 cm³/mol. The second-order valence-electron chi connectivity index (χ2n) is 8.18. The number of alkyl halides is 3. The van der Waals surface area contributed by atoms with E-state index in [-0.39, 0.29) is 11.7 Å². The molecule has 4 rings (SSSR count). The molecule has 1 aromatic carbocycles. The number of H-pyrrole nitrogens is 1. The number of aryl methyl sites for hydroxylation is 1. The summed E-state index contributed by atoms with van der Waals surface area (Å²) in [6.45, 7) is 6.96. The Morgan fingerprint density at radius 1 is 1.23 bits per heavy atom. The van der Waals surface area contributed by atoms with Crippen molar-refractivity contribution in [2.75, 3.05) is 18.0 Å². The maximum atomic E-state index is 13.7. The molecule has 1 saturated heterocycles. The monoisotopic (exact) mass is 427 g/mol. The molecule has 0 saturated carbocycles. The van der Waals surface area contributed by atoms with Gasteiger partial charge in [0.2, 0.25) is 0 Å². The van der Waals surface area contributed by atoms with Gasteiger partial charge in [-0.2, -0.15) is 18.3 Å². The van der Waals surface area contributed by atoms with Crippen LogP contribution in [-0.2, 0) is 6.18 Å². The summed E-state index contributed by atoms with van der Waals surface area (Å²) < 4.78 is 41.2. The molecule has 1 aliphatic rings. The predicted octanol–water partition coefficient (Wildman–Crippen LogP) is 5.61. The van der Waals surface area contributed by atoms with Crippen molar-refractivity contribution in [3.63, 3.8) is 0 Å². The maximum Gasteiger partial charge on any atom is 0.421 e. The smallest absolute Gasteiger partial charge is 0.355 e. The van der Waals surface area contributed by atoms with Gasteiger partial charge in [0.25, 0.3) is 0 Å². The molecule has 31 heavy (non-hydrogen) atoms. The summed E-state index contributed by atoms with van der Waals surface area (Å²) in [6.07, 6.45) is 2.71. The lowest BCUT2D eigenvalue weighted by Gasteiger charge is -2.22. The van der Waals surface area contributed by atoms with Crippen LogP contribution in [0.1, 0.15) is 48.4 Å². The Hall–Kier alpha value is -3.16. The molecule has 3 heterocycles. The van der Waals surface area contributed by atoms with Gasteiger partial charge in [-0.05, 0) is 49.9 Å². The molecule has 1 fully saturated rings. The van der Waals surface area contributed by atoms with Crippen LogP contribution >= 0.6 is 0 Å². The topological polar surface area (TPSA) is 57.7 Å². The fourth-order valence-corrected chi connectivity index (χ4v) is 3.95. The number of rotatable bonds is 4. The molecule has 0 radical (unpaired) electrons. The number of anilines is 1. The van der Waals surface area contributed by atoms with E-state index in [4.69, 9.17) is 0 Å². The van der Waals surface area contributed by atoms with Crippen LogP contribution in [0.25, 0.3) is 17.5 Å². The van der Waals surface area contributed by atoms with Crippen LogP contribution in [-0.4, -0.2) is 33.3 Å². The summed E-state index contributed by atoms with van der Waals surface area (Å²) >= 11 is 0. The Bertz CT molecular complexity index is 1100. The Kier molecular flexibility index (Phi) is 5.56. The highest BCUT2D eigenvalue weighted by Gasteiger charge is 2.38. The number of benzene rings is 1. The van der Waals surface area contributed by atoms with E-state index in [1.807, 2.05) is 39.0 Å². The van der Waals surface area contributed by atoms with E-state index in [0.717, 1.165) is 29.3 Å². The first kappa shape index (κ1) is 21.1. The van der Waals surface area contributed by atoms with Gasteiger partial charge < -0.3 is 4.90 Å². The lowest BCUT2D eigenvalue weighted by atomic mass is 10.0. The minimum atomic E-state index is -4.52. The van der Waals surface area contributed by atoms with Crippen molar-refractivity contribution < 1.29 is 13.2 Å². The van der Waals surface area contributed by atoms with Gasteiger partial charge in [-0.3, -0.25) is 5.10 Å². The number of halogens is 3. The van der Waals surface area contributed by atoms with Gasteiger partial charge in [0.15, 0.2) is 5.82 Å². The average Bonchev–Trinajstić information content (AvgIpc) is 3.40. The van der Waals surface area contributed by atoms with Crippen LogP contribution in [0.4, 0.5) is 19.0 Å². The molecule has 8 heteroatoms. The zero-order chi connectivity index (χ0) is 22.2. The quantitative estimate of drug-likeness (QED) is 0.588. The Morgan fingerprint density at radius 2 is 2.03 bits per heavy atom. The molecule has 1 aliphatic heterocycles. The fraction of sp³-hybridized carbons (Fsp3) is 0.348. The first-order valence-corrected chi connectivity index (χ1v) is 10.2. The van der Waals surface area contributed by atoms with Crippen LogP contribution < -0.4 is 4.90 Å². The van der Waals surface area contributed by atoms with E-state index in [1.54, 1.807) is 17.3 Å². The molecule has 0 amide bonds. The second kappa shape index (κ2) is 8.17. The molecule has 1 unspecified atom stereocenters. The SMILES string of the molecule is CC(C)=Cc1ccc(-c2ncc(C(F)(F)F)c(N3CCC(c4cn[nH]c4)C3)n2)cc1C. The minimum absolute atomic E-state index is 0.0606. The highest BCUT2D eigenvalue weighted by Crippen LogP contribution is 2.39. The van der Waals surface area contributed by atoms with Crippen molar-refractivity contribution in [3.8, 4) is 11.4 Å². The van der Waals surface area contributed by atoms with E-state index >= 15 is 0 Å². The summed E-state index contributed by atoms with van der Waals surface area (Å²) in [4.78, 5) is 10.2. The highest BCUT2D eigenvalue weighted by atomic mass is 19.4. The van der Waals surface area contributed by atoms with Crippen LogP contribution in [0.5, 0.6) is 0 Å². The van der Waals surface area contributed by atoms with Gasteiger partial charge in [0, 0.05) is 37.0 Å². The first-order chi connectivity index (χ1) is 14.7. The number of aromatic amines is 1. The van der Waals surface area contributed by atoms with Crippen molar-refractivity contribution in [2.24, 2.45) is 0 Å². The molecule has 1 atom stereocenters. The standard InChI is InChI=1S/C23H24F3N5/c1-14(2)8-16-4-5-17(9-15(16)3)21-27-12-20(23(24,25)26)22(30-21)31-7-6-18(13-31)19-10-28-29-11-19/h4-5,8-12,18H,6-7,13H2,1-3H3,(H,28,29). The van der Waals surface area contributed by atoms with Crippen molar-refractivity contribution in [1.29, 1.82) is 0 Å². The third-order valence-electron chi connectivity index (χ3n) is 5.52. The number of aromatic nitrogens is 4. The van der Waals surface area contributed by atoms with Gasteiger partial charge in [-0.1, -0.05) is 23.8 Å². The second-order valence-corrected chi connectivity index (χ2v) is 8.18. The van der Waals surface area contributed by atoms with E-state index in [2.05, 4.69) is 26.2 Å². The Morgan fingerprint density at radius 3 is 2.68 bits per heavy atom. The molecule has 2 aromatic heterocycles. The molecular weight excluding hydrogens is 403 g/mol. The van der Waals surface area contributed by atoms with Crippen LogP contribution in [0, 0.1) is 6.92 Å². The van der Waals surface area contributed by atoms with Gasteiger partial charge in [0.05, 0.1) is 6.20 Å². The van der Waals surface area contributed by atoms with Crippen LogP contribution in [0.2, 0.25) is 0 Å². The average molecular weight is 427 g/mol. The number of hydrogen-bond acceptors (Lipinski definition) is 4. The third-order valence-corrected chi connectivity index (χ3v) is 5.52. The van der Waals surface area contributed by atoms with Crippen molar-refractivity contribution in [3.05, 3.63) is 64.6 Å². The zero-order valence-corrected chi connectivity index (χ0v) is 17.7. The fourth-order valence-electron chi connectivity index (χ4n) is 3.95. The lowest BCUT2D eigenvalue weighted by Crippen LogP contribution is -2.25. The zero-order valence-electron chi connectivity index (χ0n) is 17.7. The van der Waals surface area contributed by atoms with Gasteiger partial charge in [-0.25, -0.2) is 9.97 Å². The maximum absolute atomic E-state index is 13.7. The lowest BCUT2D eigenvalue weighted by molar-refractivity contribution is -0.137. The van der Waals surface area contributed by atoms with E-state index in [9.17, 15) is 13.2 Å². The van der Waals surface area contributed by atoms with Crippen molar-refractivity contribution in [1.82, 2.24) is 20.2 Å². The summed E-state index contributed by atoms with van der Waals surface area (Å²) in [6, 6.07) is 5.72. The molecule has 1 N–H and O–H groups in total. The Balaban J connectivity index is 1.70. The first-order valence-electron chi connectivity index (χ1n) is 10.2. The van der Waals surface area contributed by atoms with Gasteiger partial charge in [-0.15, -0.1) is 0 Å². The van der Waals surface area contributed by atoms with Crippen molar-refractivity contribution >= 4 is 11.9 Å². The summed E-state index contributed by atoms with van der Waals surface area (Å²) in [5.41, 5.74) is 4.15. The van der Waals surface area contributed by atoms with E-state index < -0.39 is 11.7 Å². The minimum Gasteiger partial charge on any atom is -0.355 e. The summed E-state index contributed by atoms with van der Waals surface area (Å²) in [5, 5.41) is 6.73. The highest BCUT2D eigenvalue weighted by molar-refractivity contribution is 5.65. The largest absolute Gasteiger partial charge is 0.421 e. The van der Waals surface area contributed by atoms with Crippen LogP contribution in [0.3, 0.4) is 0 Å². The summed E-state index contributed by atoms with van der Waals surface area (Å²) in [5.74, 6) is 0.347. The molecule has 0 aliphatic carbocycles. The number of hydrogen-bond donors (Lipinski definition) is 1. The molecule has 0 bridgehead atoms. The molecule has 162 valence electrons.